The predicted octanol–water partition coefficient (Wildman–Crippen LogP) is 2.34. The topological polar surface area (TPSA) is 75.4 Å². The maximum Gasteiger partial charge on any atom is 0.255 e. The lowest BCUT2D eigenvalue weighted by Crippen LogP contribution is -2.55. The second kappa shape index (κ2) is 5.83. The van der Waals surface area contributed by atoms with Crippen LogP contribution in [-0.2, 0) is 0 Å². The lowest BCUT2D eigenvalue weighted by Gasteiger charge is -2.39. The number of benzene rings is 1. The fraction of sp³-hybridized carbons (Fsp3) is 0.562. The number of rotatable bonds is 3. The summed E-state index contributed by atoms with van der Waals surface area (Å²) in [7, 11) is 0. The number of carbonyl (C=O) groups excluding carboxylic acids is 1. The van der Waals surface area contributed by atoms with Crippen LogP contribution in [-0.4, -0.2) is 23.1 Å². The average Bonchev–Trinajstić information content (AvgIpc) is 2.44. The summed E-state index contributed by atoms with van der Waals surface area (Å²) in [6, 6.07) is 5.21. The van der Waals surface area contributed by atoms with Crippen LogP contribution in [0.3, 0.4) is 0 Å². The molecule has 4 heteroatoms. The summed E-state index contributed by atoms with van der Waals surface area (Å²) in [6.07, 6.45) is 3.97. The van der Waals surface area contributed by atoms with Gasteiger partial charge in [-0.3, -0.25) is 4.79 Å². The Kier molecular flexibility index (Phi) is 4.33. The normalized spacial score (nSPS) is 26.2. The highest BCUT2D eigenvalue weighted by Gasteiger charge is 2.34. The molecule has 1 saturated carbocycles. The van der Waals surface area contributed by atoms with E-state index in [0.29, 0.717) is 23.6 Å². The van der Waals surface area contributed by atoms with Crippen LogP contribution in [0.4, 0.5) is 0 Å². The number of phenolic OH excluding ortho intramolecular Hbond substituents is 1. The Hall–Kier alpha value is -1.55. The van der Waals surface area contributed by atoms with Gasteiger partial charge < -0.3 is 16.2 Å². The molecule has 0 unspecified atom stereocenters. The average molecular weight is 276 g/mol. The Morgan fingerprint density at radius 3 is 2.70 bits per heavy atom. The van der Waals surface area contributed by atoms with Crippen LogP contribution < -0.4 is 11.1 Å². The van der Waals surface area contributed by atoms with Crippen molar-refractivity contribution in [3.63, 3.8) is 0 Å². The van der Waals surface area contributed by atoms with E-state index in [4.69, 9.17) is 5.73 Å². The van der Waals surface area contributed by atoms with Crippen molar-refractivity contribution in [1.29, 1.82) is 0 Å². The largest absolute Gasteiger partial charge is 0.507 e. The number of para-hydroxylation sites is 1. The number of nitrogens with one attached hydrogen (secondary N) is 1. The van der Waals surface area contributed by atoms with Gasteiger partial charge in [0.2, 0.25) is 0 Å². The van der Waals surface area contributed by atoms with Crippen molar-refractivity contribution < 1.29 is 9.90 Å². The third-order valence-corrected chi connectivity index (χ3v) is 4.48. The summed E-state index contributed by atoms with van der Waals surface area (Å²) >= 11 is 0. The van der Waals surface area contributed by atoms with Gasteiger partial charge >= 0.3 is 0 Å². The standard InChI is InChI=1S/C16H24N2O2/c1-11-6-8-16(10-17,9-7-11)18-15(20)13-5-3-4-12(2)14(13)19/h3-5,11,19H,6-10,17H2,1-2H3,(H,18,20). The van der Waals surface area contributed by atoms with Crippen molar-refractivity contribution in [2.24, 2.45) is 11.7 Å². The summed E-state index contributed by atoms with van der Waals surface area (Å²) in [6.45, 7) is 4.46. The zero-order chi connectivity index (χ0) is 14.8. The summed E-state index contributed by atoms with van der Waals surface area (Å²) in [4.78, 5) is 12.4. The van der Waals surface area contributed by atoms with Crippen molar-refractivity contribution in [3.8, 4) is 5.75 Å². The summed E-state index contributed by atoms with van der Waals surface area (Å²) in [5.74, 6) is 0.520. The number of hydrogen-bond acceptors (Lipinski definition) is 3. The molecule has 0 aromatic heterocycles. The Bertz CT molecular complexity index is 491. The molecular formula is C16H24N2O2. The van der Waals surface area contributed by atoms with Gasteiger partial charge in [0.05, 0.1) is 11.1 Å². The maximum atomic E-state index is 12.4. The number of hydrogen-bond donors (Lipinski definition) is 3. The molecule has 2 rings (SSSR count). The van der Waals surface area contributed by atoms with Crippen molar-refractivity contribution in [2.45, 2.75) is 45.1 Å². The first kappa shape index (κ1) is 14.9. The molecule has 0 spiro atoms. The van der Waals surface area contributed by atoms with E-state index in [9.17, 15) is 9.90 Å². The smallest absolute Gasteiger partial charge is 0.255 e. The first-order valence-corrected chi connectivity index (χ1v) is 7.28. The van der Waals surface area contributed by atoms with E-state index in [-0.39, 0.29) is 17.2 Å². The van der Waals surface area contributed by atoms with E-state index in [1.807, 2.05) is 0 Å². The second-order valence-electron chi connectivity index (χ2n) is 6.09. The molecule has 0 heterocycles. The molecule has 0 aliphatic heterocycles. The third kappa shape index (κ3) is 2.96. The fourth-order valence-electron chi connectivity index (χ4n) is 2.85. The van der Waals surface area contributed by atoms with Crippen LogP contribution in [0.25, 0.3) is 0 Å². The van der Waals surface area contributed by atoms with Crippen LogP contribution in [0.15, 0.2) is 18.2 Å². The number of carbonyl (C=O) groups is 1. The highest BCUT2D eigenvalue weighted by Crippen LogP contribution is 2.32. The number of aryl methyl sites for hydroxylation is 1. The van der Waals surface area contributed by atoms with E-state index < -0.39 is 0 Å². The van der Waals surface area contributed by atoms with E-state index in [2.05, 4.69) is 12.2 Å². The first-order valence-electron chi connectivity index (χ1n) is 7.28. The molecule has 1 aliphatic rings. The van der Waals surface area contributed by atoms with E-state index in [1.54, 1.807) is 25.1 Å². The molecule has 0 saturated heterocycles. The monoisotopic (exact) mass is 276 g/mol. The fourth-order valence-corrected chi connectivity index (χ4v) is 2.85. The number of amides is 1. The maximum absolute atomic E-state index is 12.4. The highest BCUT2D eigenvalue weighted by atomic mass is 16.3. The molecule has 20 heavy (non-hydrogen) atoms. The highest BCUT2D eigenvalue weighted by molar-refractivity contribution is 5.97. The minimum Gasteiger partial charge on any atom is -0.507 e. The number of aromatic hydroxyl groups is 1. The molecule has 1 aromatic rings. The van der Waals surface area contributed by atoms with Crippen molar-refractivity contribution in [1.82, 2.24) is 5.32 Å². The molecule has 0 atom stereocenters. The van der Waals surface area contributed by atoms with Gasteiger partial charge in [0.25, 0.3) is 5.91 Å². The quantitative estimate of drug-likeness (QED) is 0.793. The van der Waals surface area contributed by atoms with E-state index >= 15 is 0 Å². The Labute approximate surface area is 120 Å². The molecular weight excluding hydrogens is 252 g/mol. The van der Waals surface area contributed by atoms with Gasteiger partial charge in [0, 0.05) is 6.54 Å². The van der Waals surface area contributed by atoms with Crippen LogP contribution >= 0.6 is 0 Å². The number of phenols is 1. The van der Waals surface area contributed by atoms with Crippen molar-refractivity contribution >= 4 is 5.91 Å². The Morgan fingerprint density at radius 2 is 2.10 bits per heavy atom. The van der Waals surface area contributed by atoms with E-state index in [1.165, 1.54) is 0 Å². The molecule has 1 aromatic carbocycles. The minimum atomic E-state index is -0.320. The summed E-state index contributed by atoms with van der Waals surface area (Å²) < 4.78 is 0. The third-order valence-electron chi connectivity index (χ3n) is 4.48. The van der Waals surface area contributed by atoms with Crippen LogP contribution in [0.2, 0.25) is 0 Å². The van der Waals surface area contributed by atoms with Crippen LogP contribution in [0.1, 0.15) is 48.5 Å². The van der Waals surface area contributed by atoms with Gasteiger partial charge in [-0.2, -0.15) is 0 Å². The summed E-state index contributed by atoms with van der Waals surface area (Å²) in [5, 5.41) is 13.1. The zero-order valence-electron chi connectivity index (χ0n) is 12.3. The Balaban J connectivity index is 2.15. The van der Waals surface area contributed by atoms with E-state index in [0.717, 1.165) is 25.7 Å². The van der Waals surface area contributed by atoms with Gasteiger partial charge in [0.15, 0.2) is 0 Å². The predicted molar refractivity (Wildman–Crippen MR) is 79.7 cm³/mol. The molecule has 110 valence electrons. The Morgan fingerprint density at radius 1 is 1.45 bits per heavy atom. The van der Waals surface area contributed by atoms with Gasteiger partial charge in [-0.15, -0.1) is 0 Å². The summed E-state index contributed by atoms with van der Waals surface area (Å²) in [5.41, 5.74) is 6.62. The SMILES string of the molecule is Cc1cccc(C(=O)NC2(CN)CCC(C)CC2)c1O. The van der Waals surface area contributed by atoms with Crippen LogP contribution in [0.5, 0.6) is 5.75 Å². The van der Waals surface area contributed by atoms with Gasteiger partial charge in [-0.1, -0.05) is 19.1 Å². The lowest BCUT2D eigenvalue weighted by molar-refractivity contribution is 0.0857. The van der Waals surface area contributed by atoms with Crippen molar-refractivity contribution in [3.05, 3.63) is 29.3 Å². The van der Waals surface area contributed by atoms with Gasteiger partial charge in [-0.05, 0) is 50.2 Å². The molecule has 1 aliphatic carbocycles. The zero-order valence-corrected chi connectivity index (χ0v) is 12.3. The molecule has 1 fully saturated rings. The van der Waals surface area contributed by atoms with Crippen LogP contribution in [0, 0.1) is 12.8 Å². The minimum absolute atomic E-state index is 0.0568. The second-order valence-corrected chi connectivity index (χ2v) is 6.09. The molecule has 0 radical (unpaired) electrons. The molecule has 1 amide bonds. The van der Waals surface area contributed by atoms with Gasteiger partial charge in [0.1, 0.15) is 5.75 Å². The molecule has 4 nitrogen and oxygen atoms in total. The molecule has 0 bridgehead atoms. The van der Waals surface area contributed by atoms with Gasteiger partial charge in [-0.25, -0.2) is 0 Å². The molecule has 4 N–H and O–H groups in total. The lowest BCUT2D eigenvalue weighted by atomic mass is 9.77. The van der Waals surface area contributed by atoms with Crippen molar-refractivity contribution in [2.75, 3.05) is 6.54 Å². The number of nitrogens with two attached hydrogens (primary N) is 1. The first-order chi connectivity index (χ1) is 9.47.